The van der Waals surface area contributed by atoms with E-state index in [2.05, 4.69) is 14.7 Å². The lowest BCUT2D eigenvalue weighted by Gasteiger charge is -2.08. The highest BCUT2D eigenvalue weighted by atomic mass is 19.3. The fraction of sp³-hybridized carbons (Fsp3) is 0.455. The molecular weight excluding hydrogens is 232 g/mol. The zero-order chi connectivity index (χ0) is 12.0. The fourth-order valence-electron chi connectivity index (χ4n) is 1.98. The molecule has 0 amide bonds. The number of rotatable bonds is 3. The third kappa shape index (κ3) is 1.83. The molecular formula is C11H9F2NO3. The molecule has 1 aromatic rings. The van der Waals surface area contributed by atoms with Crippen LogP contribution in [0.25, 0.3) is 0 Å². The van der Waals surface area contributed by atoms with E-state index >= 15 is 0 Å². The lowest BCUT2D eigenvalue weighted by molar-refractivity contribution is -0.286. The lowest BCUT2D eigenvalue weighted by Crippen LogP contribution is -2.25. The van der Waals surface area contributed by atoms with Crippen molar-refractivity contribution in [3.63, 3.8) is 0 Å². The highest BCUT2D eigenvalue weighted by Gasteiger charge is 2.44. The van der Waals surface area contributed by atoms with Crippen LogP contribution in [0.1, 0.15) is 24.4 Å². The average Bonchev–Trinajstić information content (AvgIpc) is 3.01. The summed E-state index contributed by atoms with van der Waals surface area (Å²) in [5.41, 5.74) is 0.600. The summed E-state index contributed by atoms with van der Waals surface area (Å²) in [5.74, 6) is 0.175. The SMILES string of the molecule is O=NC(c1ccc2c(c1)OC(F)(F)O2)C1CC1. The zero-order valence-corrected chi connectivity index (χ0v) is 8.73. The van der Waals surface area contributed by atoms with Gasteiger partial charge in [0, 0.05) is 0 Å². The monoisotopic (exact) mass is 241 g/mol. The van der Waals surface area contributed by atoms with Gasteiger partial charge in [-0.3, -0.25) is 0 Å². The van der Waals surface area contributed by atoms with Gasteiger partial charge in [0.25, 0.3) is 0 Å². The van der Waals surface area contributed by atoms with Gasteiger partial charge in [0.1, 0.15) is 6.04 Å². The quantitative estimate of drug-likeness (QED) is 0.763. The van der Waals surface area contributed by atoms with Crippen molar-refractivity contribution in [2.45, 2.75) is 25.2 Å². The average molecular weight is 241 g/mol. The van der Waals surface area contributed by atoms with Crippen molar-refractivity contribution in [3.8, 4) is 11.5 Å². The summed E-state index contributed by atoms with van der Waals surface area (Å²) >= 11 is 0. The molecule has 1 atom stereocenters. The van der Waals surface area contributed by atoms with Crippen LogP contribution in [0, 0.1) is 10.8 Å². The van der Waals surface area contributed by atoms with E-state index in [9.17, 15) is 13.7 Å². The van der Waals surface area contributed by atoms with Crippen molar-refractivity contribution < 1.29 is 18.3 Å². The minimum absolute atomic E-state index is 0.0146. The van der Waals surface area contributed by atoms with Crippen LogP contribution in [-0.4, -0.2) is 6.29 Å². The highest BCUT2D eigenvalue weighted by molar-refractivity contribution is 5.46. The molecule has 90 valence electrons. The smallest absolute Gasteiger partial charge is 0.395 e. The summed E-state index contributed by atoms with van der Waals surface area (Å²) in [6.45, 7) is 0. The Morgan fingerprint density at radius 3 is 2.65 bits per heavy atom. The van der Waals surface area contributed by atoms with Crippen LogP contribution in [0.5, 0.6) is 11.5 Å². The number of hydrogen-bond donors (Lipinski definition) is 0. The molecule has 6 heteroatoms. The van der Waals surface area contributed by atoms with Gasteiger partial charge in [-0.25, -0.2) is 0 Å². The first-order valence-corrected chi connectivity index (χ1v) is 5.31. The minimum Gasteiger partial charge on any atom is -0.395 e. The number of halogens is 2. The van der Waals surface area contributed by atoms with Crippen LogP contribution < -0.4 is 9.47 Å². The van der Waals surface area contributed by atoms with E-state index in [0.29, 0.717) is 5.56 Å². The Morgan fingerprint density at radius 2 is 2.00 bits per heavy atom. The van der Waals surface area contributed by atoms with Crippen LogP contribution in [0.2, 0.25) is 0 Å². The summed E-state index contributed by atoms with van der Waals surface area (Å²) in [5, 5.41) is 3.05. The third-order valence-corrected chi connectivity index (χ3v) is 2.95. The first-order valence-electron chi connectivity index (χ1n) is 5.31. The van der Waals surface area contributed by atoms with Crippen molar-refractivity contribution in [3.05, 3.63) is 28.7 Å². The zero-order valence-electron chi connectivity index (χ0n) is 8.73. The van der Waals surface area contributed by atoms with Gasteiger partial charge in [0.05, 0.1) is 0 Å². The largest absolute Gasteiger partial charge is 0.586 e. The van der Waals surface area contributed by atoms with Gasteiger partial charge in [-0.2, -0.15) is 4.91 Å². The number of hydrogen-bond acceptors (Lipinski definition) is 4. The Labute approximate surface area is 95.5 Å². The second-order valence-corrected chi connectivity index (χ2v) is 4.26. The van der Waals surface area contributed by atoms with Gasteiger partial charge in [-0.05, 0) is 36.5 Å². The molecule has 2 aliphatic rings. The second kappa shape index (κ2) is 3.38. The Hall–Kier alpha value is -1.72. The Bertz CT molecular complexity index is 474. The normalized spacial score (nSPS) is 22.2. The Kier molecular flexibility index (Phi) is 2.08. The first-order chi connectivity index (χ1) is 8.09. The summed E-state index contributed by atoms with van der Waals surface area (Å²) in [6.07, 6.45) is -1.73. The van der Waals surface area contributed by atoms with Crippen molar-refractivity contribution in [1.29, 1.82) is 0 Å². The van der Waals surface area contributed by atoms with Crippen molar-refractivity contribution in [2.24, 2.45) is 11.1 Å². The number of benzene rings is 1. The molecule has 1 fully saturated rings. The number of fused-ring (bicyclic) bond motifs is 1. The molecule has 1 aliphatic carbocycles. The molecule has 17 heavy (non-hydrogen) atoms. The molecule has 0 bridgehead atoms. The molecule has 1 saturated carbocycles. The predicted molar refractivity (Wildman–Crippen MR) is 53.9 cm³/mol. The van der Waals surface area contributed by atoms with Gasteiger partial charge in [0.15, 0.2) is 11.5 Å². The molecule has 0 spiro atoms. The second-order valence-electron chi connectivity index (χ2n) is 4.26. The minimum atomic E-state index is -3.62. The molecule has 0 N–H and O–H groups in total. The van der Waals surface area contributed by atoms with Crippen LogP contribution in [0.4, 0.5) is 8.78 Å². The summed E-state index contributed by atoms with van der Waals surface area (Å²) < 4.78 is 34.2. The van der Waals surface area contributed by atoms with E-state index in [-0.39, 0.29) is 17.4 Å². The predicted octanol–water partition coefficient (Wildman–Crippen LogP) is 3.23. The van der Waals surface area contributed by atoms with E-state index in [4.69, 9.17) is 0 Å². The van der Waals surface area contributed by atoms with E-state index < -0.39 is 12.3 Å². The maximum atomic E-state index is 12.8. The van der Waals surface area contributed by atoms with Crippen molar-refractivity contribution >= 4 is 0 Å². The fourth-order valence-corrected chi connectivity index (χ4v) is 1.98. The molecule has 3 rings (SSSR count). The third-order valence-electron chi connectivity index (χ3n) is 2.95. The van der Waals surface area contributed by atoms with Crippen molar-refractivity contribution in [2.75, 3.05) is 0 Å². The van der Waals surface area contributed by atoms with Crippen molar-refractivity contribution in [1.82, 2.24) is 0 Å². The molecule has 1 aliphatic heterocycles. The van der Waals surface area contributed by atoms with Crippen LogP contribution in [0.15, 0.2) is 23.4 Å². The highest BCUT2D eigenvalue weighted by Crippen LogP contribution is 2.47. The molecule has 0 saturated heterocycles. The molecule has 1 heterocycles. The molecule has 1 unspecified atom stereocenters. The molecule has 0 radical (unpaired) electrons. The molecule has 0 aromatic heterocycles. The van der Waals surface area contributed by atoms with E-state index in [1.165, 1.54) is 12.1 Å². The number of nitrogens with zero attached hydrogens (tertiary/aromatic N) is 1. The topological polar surface area (TPSA) is 47.9 Å². The molecule has 4 nitrogen and oxygen atoms in total. The van der Waals surface area contributed by atoms with Gasteiger partial charge < -0.3 is 9.47 Å². The Balaban J connectivity index is 1.92. The van der Waals surface area contributed by atoms with E-state index in [1.54, 1.807) is 6.07 Å². The Morgan fingerprint density at radius 1 is 1.29 bits per heavy atom. The van der Waals surface area contributed by atoms with Gasteiger partial charge in [0.2, 0.25) is 0 Å². The van der Waals surface area contributed by atoms with Gasteiger partial charge >= 0.3 is 6.29 Å². The van der Waals surface area contributed by atoms with Crippen LogP contribution in [-0.2, 0) is 0 Å². The lowest BCUT2D eigenvalue weighted by atomic mass is 10.0. The summed E-state index contributed by atoms with van der Waals surface area (Å²) in [7, 11) is 0. The summed E-state index contributed by atoms with van der Waals surface area (Å²) in [4.78, 5) is 10.7. The number of alkyl halides is 2. The van der Waals surface area contributed by atoms with E-state index in [1.807, 2.05) is 0 Å². The first kappa shape index (κ1) is 10.4. The standard InChI is InChI=1S/C11H9F2NO3/c12-11(13)16-8-4-3-7(5-9(8)17-11)10(14-15)6-1-2-6/h3-6,10H,1-2H2. The van der Waals surface area contributed by atoms with Crippen LogP contribution >= 0.6 is 0 Å². The van der Waals surface area contributed by atoms with E-state index in [0.717, 1.165) is 12.8 Å². The number of nitroso groups, excluding NO2 is 1. The van der Waals surface area contributed by atoms with Gasteiger partial charge in [-0.1, -0.05) is 11.2 Å². The maximum Gasteiger partial charge on any atom is 0.586 e. The van der Waals surface area contributed by atoms with Gasteiger partial charge in [-0.15, -0.1) is 8.78 Å². The van der Waals surface area contributed by atoms with Crippen LogP contribution in [0.3, 0.4) is 0 Å². The summed E-state index contributed by atoms with van der Waals surface area (Å²) in [6, 6.07) is 3.89. The molecule has 1 aromatic carbocycles. The number of ether oxygens (including phenoxy) is 2. The maximum absolute atomic E-state index is 12.8.